The third-order valence-electron chi connectivity index (χ3n) is 4.78. The fraction of sp³-hybridized carbons (Fsp3) is 0.250. The van der Waals surface area contributed by atoms with Crippen LogP contribution in [0.1, 0.15) is 0 Å². The van der Waals surface area contributed by atoms with Crippen LogP contribution in [0.25, 0.3) is 22.3 Å². The van der Waals surface area contributed by atoms with Crippen molar-refractivity contribution in [3.63, 3.8) is 0 Å². The maximum absolute atomic E-state index is 13.1. The Morgan fingerprint density at radius 3 is 2.30 bits per heavy atom. The molecule has 6 N–H and O–H groups in total. The predicted molar refractivity (Wildman–Crippen MR) is 101 cm³/mol. The number of fused-ring (bicyclic) bond motifs is 1. The van der Waals surface area contributed by atoms with Gasteiger partial charge in [-0.2, -0.15) is 0 Å². The smallest absolute Gasteiger partial charge is 0.239 e. The fourth-order valence-electron chi connectivity index (χ4n) is 3.26. The highest BCUT2D eigenvalue weighted by molar-refractivity contribution is 5.88. The van der Waals surface area contributed by atoms with Gasteiger partial charge >= 0.3 is 0 Å². The van der Waals surface area contributed by atoms with Crippen LogP contribution in [0.4, 0.5) is 0 Å². The van der Waals surface area contributed by atoms with E-state index in [1.807, 2.05) is 0 Å². The first kappa shape index (κ1) is 20.0. The van der Waals surface area contributed by atoms with Crippen LogP contribution in [0.2, 0.25) is 0 Å². The molecule has 0 radical (unpaired) electrons. The van der Waals surface area contributed by atoms with E-state index < -0.39 is 48.1 Å². The zero-order valence-corrected chi connectivity index (χ0v) is 15.3. The van der Waals surface area contributed by atoms with Crippen molar-refractivity contribution in [3.05, 3.63) is 46.6 Å². The van der Waals surface area contributed by atoms with E-state index in [0.717, 1.165) is 12.1 Å². The van der Waals surface area contributed by atoms with Crippen LogP contribution in [0.3, 0.4) is 0 Å². The summed E-state index contributed by atoms with van der Waals surface area (Å²) in [6.07, 6.45) is -5.65. The summed E-state index contributed by atoms with van der Waals surface area (Å²) in [5, 5.41) is 58.4. The Bertz CT molecular complexity index is 1140. The third-order valence-corrected chi connectivity index (χ3v) is 4.78. The Hall–Kier alpha value is -3.31. The molecule has 4 atom stereocenters. The standard InChI is InChI=1S/C20H18O10/c21-7-13-15(25)17(27)20(29-13)30-19-16(26)14-11(24)5-10(23)6-12(14)28-18(19)8-1-3-9(22)4-2-8/h1-6,13,15,17,20-25,27H,7H2/t13-,15-,17+,20-/m1/s1. The second-order valence-corrected chi connectivity index (χ2v) is 6.80. The predicted octanol–water partition coefficient (Wildman–Crippen LogP) is 0.395. The van der Waals surface area contributed by atoms with Gasteiger partial charge in [0.15, 0.2) is 5.76 Å². The van der Waals surface area contributed by atoms with Crippen LogP contribution in [0.15, 0.2) is 45.6 Å². The molecule has 2 heterocycles. The minimum Gasteiger partial charge on any atom is -0.508 e. The first-order chi connectivity index (χ1) is 14.3. The van der Waals surface area contributed by atoms with Crippen molar-refractivity contribution in [2.75, 3.05) is 6.61 Å². The zero-order chi connectivity index (χ0) is 21.6. The van der Waals surface area contributed by atoms with E-state index in [2.05, 4.69) is 0 Å². The minimum atomic E-state index is -1.57. The van der Waals surface area contributed by atoms with Crippen LogP contribution in [-0.2, 0) is 4.74 Å². The normalized spacial score (nSPS) is 23.7. The van der Waals surface area contributed by atoms with E-state index in [1.165, 1.54) is 24.3 Å². The van der Waals surface area contributed by atoms with Gasteiger partial charge in [0.1, 0.15) is 46.5 Å². The number of aromatic hydroxyl groups is 3. The fourth-order valence-corrected chi connectivity index (χ4v) is 3.26. The molecule has 158 valence electrons. The number of aliphatic hydroxyl groups is 3. The molecule has 0 bridgehead atoms. The lowest BCUT2D eigenvalue weighted by molar-refractivity contribution is -0.117. The largest absolute Gasteiger partial charge is 0.508 e. The molecule has 1 aliphatic heterocycles. The van der Waals surface area contributed by atoms with Crippen molar-refractivity contribution in [3.8, 4) is 34.3 Å². The van der Waals surface area contributed by atoms with Crippen molar-refractivity contribution >= 4 is 11.0 Å². The van der Waals surface area contributed by atoms with Gasteiger partial charge in [-0.15, -0.1) is 0 Å². The zero-order valence-electron chi connectivity index (χ0n) is 15.3. The molecule has 3 aromatic rings. The molecular weight excluding hydrogens is 400 g/mol. The van der Waals surface area contributed by atoms with E-state index in [0.29, 0.717) is 5.56 Å². The van der Waals surface area contributed by atoms with Gasteiger partial charge in [0.2, 0.25) is 17.5 Å². The summed E-state index contributed by atoms with van der Waals surface area (Å²) in [5.41, 5.74) is -0.653. The summed E-state index contributed by atoms with van der Waals surface area (Å²) < 4.78 is 16.5. The molecule has 0 spiro atoms. The number of rotatable bonds is 4. The van der Waals surface area contributed by atoms with Crippen LogP contribution >= 0.6 is 0 Å². The lowest BCUT2D eigenvalue weighted by atomic mass is 10.1. The molecule has 10 heteroatoms. The topological polar surface area (TPSA) is 170 Å². The molecule has 30 heavy (non-hydrogen) atoms. The summed E-state index contributed by atoms with van der Waals surface area (Å²) >= 11 is 0. The number of phenolic OH excluding ortho intramolecular Hbond substituents is 3. The molecule has 0 amide bonds. The number of hydrogen-bond donors (Lipinski definition) is 6. The Morgan fingerprint density at radius 2 is 1.67 bits per heavy atom. The highest BCUT2D eigenvalue weighted by Gasteiger charge is 2.44. The molecule has 1 fully saturated rings. The van der Waals surface area contributed by atoms with Gasteiger partial charge in [-0.1, -0.05) is 0 Å². The van der Waals surface area contributed by atoms with Crippen LogP contribution < -0.4 is 10.2 Å². The van der Waals surface area contributed by atoms with Gasteiger partial charge < -0.3 is 44.5 Å². The van der Waals surface area contributed by atoms with Crippen molar-refractivity contribution < 1.29 is 44.5 Å². The van der Waals surface area contributed by atoms with Crippen molar-refractivity contribution in [2.45, 2.75) is 24.6 Å². The van der Waals surface area contributed by atoms with Crippen molar-refractivity contribution in [1.82, 2.24) is 0 Å². The molecule has 0 unspecified atom stereocenters. The van der Waals surface area contributed by atoms with Gasteiger partial charge in [0, 0.05) is 17.7 Å². The second kappa shape index (κ2) is 7.50. The van der Waals surface area contributed by atoms with E-state index >= 15 is 0 Å². The van der Waals surface area contributed by atoms with Crippen LogP contribution in [-0.4, -0.2) is 61.8 Å². The van der Waals surface area contributed by atoms with E-state index in [4.69, 9.17) is 13.9 Å². The Balaban J connectivity index is 1.90. The molecule has 10 nitrogen and oxygen atoms in total. The molecule has 0 aliphatic carbocycles. The number of aliphatic hydroxyl groups excluding tert-OH is 3. The molecule has 1 aliphatic rings. The third kappa shape index (κ3) is 3.31. The monoisotopic (exact) mass is 418 g/mol. The number of hydrogen-bond acceptors (Lipinski definition) is 10. The lowest BCUT2D eigenvalue weighted by Gasteiger charge is -2.18. The number of phenols is 3. The second-order valence-electron chi connectivity index (χ2n) is 6.80. The highest BCUT2D eigenvalue weighted by atomic mass is 16.7. The molecule has 1 aromatic heterocycles. The van der Waals surface area contributed by atoms with Crippen LogP contribution in [0.5, 0.6) is 23.0 Å². The van der Waals surface area contributed by atoms with Gasteiger partial charge in [-0.3, -0.25) is 4.79 Å². The van der Waals surface area contributed by atoms with Gasteiger partial charge in [-0.25, -0.2) is 0 Å². The summed E-state index contributed by atoms with van der Waals surface area (Å²) in [5.74, 6) is -1.50. The van der Waals surface area contributed by atoms with Crippen molar-refractivity contribution in [1.29, 1.82) is 0 Å². The Morgan fingerprint density at radius 1 is 0.967 bits per heavy atom. The first-order valence-electron chi connectivity index (χ1n) is 8.91. The summed E-state index contributed by atoms with van der Waals surface area (Å²) in [6, 6.07) is 7.65. The van der Waals surface area contributed by atoms with Gasteiger partial charge in [0.05, 0.1) is 6.61 Å². The lowest BCUT2D eigenvalue weighted by Crippen LogP contribution is -2.36. The van der Waals surface area contributed by atoms with E-state index in [-0.39, 0.29) is 28.2 Å². The summed E-state index contributed by atoms with van der Waals surface area (Å²) in [6.45, 7) is -0.588. The summed E-state index contributed by atoms with van der Waals surface area (Å²) in [4.78, 5) is 13.1. The number of ether oxygens (including phenoxy) is 2. The molecule has 4 rings (SSSR count). The molecule has 0 saturated carbocycles. The maximum Gasteiger partial charge on any atom is 0.239 e. The van der Waals surface area contributed by atoms with Crippen LogP contribution in [0, 0.1) is 0 Å². The molecule has 2 aromatic carbocycles. The SMILES string of the molecule is O=c1c(O[C@H]2O[C@H](CO)[C@@H](O)[C@@H]2O)c(-c2ccc(O)cc2)oc2cc(O)cc(O)c12. The van der Waals surface area contributed by atoms with E-state index in [9.17, 15) is 35.4 Å². The van der Waals surface area contributed by atoms with E-state index in [1.54, 1.807) is 0 Å². The highest BCUT2D eigenvalue weighted by Crippen LogP contribution is 2.37. The van der Waals surface area contributed by atoms with Gasteiger partial charge in [0.25, 0.3) is 0 Å². The number of benzene rings is 2. The first-order valence-corrected chi connectivity index (χ1v) is 8.91. The maximum atomic E-state index is 13.1. The molecular formula is C20H18O10. The van der Waals surface area contributed by atoms with Gasteiger partial charge in [-0.05, 0) is 24.3 Å². The average Bonchev–Trinajstić information content (AvgIpc) is 2.97. The van der Waals surface area contributed by atoms with Crippen molar-refractivity contribution in [2.24, 2.45) is 0 Å². The average molecular weight is 418 g/mol. The molecule has 1 saturated heterocycles. The Kier molecular flexibility index (Phi) is 5.00. The quantitative estimate of drug-likeness (QED) is 0.348. The summed E-state index contributed by atoms with van der Waals surface area (Å²) in [7, 11) is 0. The minimum absolute atomic E-state index is 0.0388. The Labute approximate surface area is 168 Å².